The molecule has 0 spiro atoms. The molecule has 28 heavy (non-hydrogen) atoms. The van der Waals surface area contributed by atoms with Crippen LogP contribution < -0.4 is 14.8 Å². The van der Waals surface area contributed by atoms with Crippen molar-refractivity contribution in [2.75, 3.05) is 12.4 Å². The summed E-state index contributed by atoms with van der Waals surface area (Å²) in [5.74, 6) is 0.933. The predicted octanol–water partition coefficient (Wildman–Crippen LogP) is 7.09. The van der Waals surface area contributed by atoms with Crippen molar-refractivity contribution in [2.45, 2.75) is 13.2 Å². The number of benzene rings is 3. The molecule has 0 amide bonds. The average molecular weight is 485 g/mol. The zero-order valence-electron chi connectivity index (χ0n) is 14.9. The minimum atomic E-state index is -0.265. The van der Waals surface area contributed by atoms with E-state index in [1.165, 1.54) is 12.1 Å². The molecule has 0 radical (unpaired) electrons. The molecule has 0 atom stereocenters. The van der Waals surface area contributed by atoms with Gasteiger partial charge in [0, 0.05) is 12.2 Å². The summed E-state index contributed by atoms with van der Waals surface area (Å²) in [4.78, 5) is 0. The van der Waals surface area contributed by atoms with Crippen molar-refractivity contribution in [3.8, 4) is 11.5 Å². The molecule has 3 aromatic carbocycles. The Balaban J connectivity index is 1.71. The molecule has 0 heterocycles. The van der Waals surface area contributed by atoms with Gasteiger partial charge >= 0.3 is 0 Å². The third-order valence-electron chi connectivity index (χ3n) is 4.00. The summed E-state index contributed by atoms with van der Waals surface area (Å²) < 4.78 is 25.2. The SMILES string of the molecule is COc1cc(CNc2ccc(F)cc2)cc(Br)c1OCc1ccc(Cl)c(Cl)c1. The average Bonchev–Trinajstić information content (AvgIpc) is 2.69. The van der Waals surface area contributed by atoms with Gasteiger partial charge in [0.2, 0.25) is 0 Å². The molecule has 3 rings (SSSR count). The standard InChI is InChI=1S/C21H17BrCl2FNO2/c1-27-20-10-14(11-26-16-5-3-15(25)4-6-16)8-17(22)21(20)28-12-13-2-7-18(23)19(24)9-13/h2-10,26H,11-12H2,1H3. The largest absolute Gasteiger partial charge is 0.493 e. The van der Waals surface area contributed by atoms with Crippen molar-refractivity contribution in [3.63, 3.8) is 0 Å². The predicted molar refractivity (Wildman–Crippen MR) is 115 cm³/mol. The summed E-state index contributed by atoms with van der Waals surface area (Å²) in [6.07, 6.45) is 0. The molecular weight excluding hydrogens is 468 g/mol. The van der Waals surface area contributed by atoms with Crippen molar-refractivity contribution in [3.05, 3.63) is 86.1 Å². The summed E-state index contributed by atoms with van der Waals surface area (Å²) in [5, 5.41) is 4.23. The van der Waals surface area contributed by atoms with Gasteiger partial charge in [-0.1, -0.05) is 29.3 Å². The first-order valence-corrected chi connectivity index (χ1v) is 9.93. The van der Waals surface area contributed by atoms with Crippen molar-refractivity contribution >= 4 is 44.8 Å². The normalized spacial score (nSPS) is 10.6. The van der Waals surface area contributed by atoms with Crippen LogP contribution in [0.3, 0.4) is 0 Å². The van der Waals surface area contributed by atoms with Gasteiger partial charge in [0.05, 0.1) is 21.6 Å². The molecule has 0 saturated carbocycles. The number of anilines is 1. The molecule has 7 heteroatoms. The summed E-state index contributed by atoms with van der Waals surface area (Å²) >= 11 is 15.5. The van der Waals surface area contributed by atoms with Crippen molar-refractivity contribution in [1.29, 1.82) is 0 Å². The van der Waals surface area contributed by atoms with Crippen LogP contribution in [0.5, 0.6) is 11.5 Å². The van der Waals surface area contributed by atoms with Gasteiger partial charge in [-0.15, -0.1) is 0 Å². The number of hydrogen-bond acceptors (Lipinski definition) is 3. The quantitative estimate of drug-likeness (QED) is 0.388. The van der Waals surface area contributed by atoms with Crippen LogP contribution in [0.1, 0.15) is 11.1 Å². The molecule has 3 aromatic rings. The first-order valence-electron chi connectivity index (χ1n) is 8.39. The number of halogens is 4. The highest BCUT2D eigenvalue weighted by Gasteiger charge is 2.12. The minimum Gasteiger partial charge on any atom is -0.493 e. The van der Waals surface area contributed by atoms with Crippen molar-refractivity contribution < 1.29 is 13.9 Å². The lowest BCUT2D eigenvalue weighted by atomic mass is 10.2. The lowest BCUT2D eigenvalue weighted by Crippen LogP contribution is -2.03. The zero-order valence-corrected chi connectivity index (χ0v) is 18.0. The molecule has 0 aliphatic rings. The Kier molecular flexibility index (Phi) is 7.05. The van der Waals surface area contributed by atoms with E-state index in [-0.39, 0.29) is 5.82 Å². The van der Waals surface area contributed by atoms with E-state index in [4.69, 9.17) is 32.7 Å². The number of hydrogen-bond donors (Lipinski definition) is 1. The number of rotatable bonds is 7. The van der Waals surface area contributed by atoms with Gasteiger partial charge in [-0.3, -0.25) is 0 Å². The number of nitrogens with one attached hydrogen (secondary N) is 1. The van der Waals surface area contributed by atoms with Gasteiger partial charge in [-0.2, -0.15) is 0 Å². The Hall–Kier alpha value is -1.95. The second-order valence-electron chi connectivity index (χ2n) is 6.01. The first kappa shape index (κ1) is 20.8. The van der Waals surface area contributed by atoms with E-state index in [1.54, 1.807) is 31.4 Å². The molecule has 0 fully saturated rings. The van der Waals surface area contributed by atoms with Crippen LogP contribution in [0.4, 0.5) is 10.1 Å². The Morgan fingerprint density at radius 2 is 1.71 bits per heavy atom. The van der Waals surface area contributed by atoms with Crippen LogP contribution >= 0.6 is 39.1 Å². The third-order valence-corrected chi connectivity index (χ3v) is 5.33. The Labute approximate surface area is 181 Å². The van der Waals surface area contributed by atoms with Crippen LogP contribution in [-0.4, -0.2) is 7.11 Å². The fourth-order valence-electron chi connectivity index (χ4n) is 2.57. The van der Waals surface area contributed by atoms with Gasteiger partial charge in [0.15, 0.2) is 11.5 Å². The fourth-order valence-corrected chi connectivity index (χ4v) is 3.50. The molecule has 0 bridgehead atoms. The van der Waals surface area contributed by atoms with Gasteiger partial charge in [0.1, 0.15) is 12.4 Å². The fraction of sp³-hybridized carbons (Fsp3) is 0.143. The zero-order chi connectivity index (χ0) is 20.1. The molecule has 0 aliphatic heterocycles. The van der Waals surface area contributed by atoms with Crippen molar-refractivity contribution in [2.24, 2.45) is 0 Å². The Morgan fingerprint density at radius 1 is 0.964 bits per heavy atom. The van der Waals surface area contributed by atoms with Gasteiger partial charge < -0.3 is 14.8 Å². The summed E-state index contributed by atoms with van der Waals surface area (Å²) in [5.41, 5.74) is 2.71. The van der Waals surface area contributed by atoms with Crippen LogP contribution in [-0.2, 0) is 13.2 Å². The summed E-state index contributed by atoms with van der Waals surface area (Å²) in [6.45, 7) is 0.868. The first-order chi connectivity index (χ1) is 13.5. The monoisotopic (exact) mass is 483 g/mol. The van der Waals surface area contributed by atoms with Crippen LogP contribution in [0, 0.1) is 5.82 Å². The summed E-state index contributed by atoms with van der Waals surface area (Å²) in [7, 11) is 1.59. The molecule has 3 nitrogen and oxygen atoms in total. The molecule has 0 aliphatic carbocycles. The number of methoxy groups -OCH3 is 1. The third kappa shape index (κ3) is 5.31. The second kappa shape index (κ2) is 9.50. The maximum atomic E-state index is 13.0. The summed E-state index contributed by atoms with van der Waals surface area (Å²) in [6, 6.07) is 15.4. The van der Waals surface area contributed by atoms with Gasteiger partial charge in [-0.05, 0) is 75.6 Å². The maximum absolute atomic E-state index is 13.0. The Morgan fingerprint density at radius 3 is 2.39 bits per heavy atom. The minimum absolute atomic E-state index is 0.265. The lowest BCUT2D eigenvalue weighted by Gasteiger charge is -2.15. The van der Waals surface area contributed by atoms with E-state index in [2.05, 4.69) is 21.2 Å². The molecule has 0 unspecified atom stereocenters. The van der Waals surface area contributed by atoms with Crippen LogP contribution in [0.15, 0.2) is 59.1 Å². The van der Waals surface area contributed by atoms with E-state index in [9.17, 15) is 4.39 Å². The van der Waals surface area contributed by atoms with Gasteiger partial charge in [-0.25, -0.2) is 4.39 Å². The molecule has 146 valence electrons. The molecular formula is C21H17BrCl2FNO2. The van der Waals surface area contributed by atoms with Crippen LogP contribution in [0.25, 0.3) is 0 Å². The highest BCUT2D eigenvalue weighted by atomic mass is 79.9. The highest BCUT2D eigenvalue weighted by Crippen LogP contribution is 2.37. The van der Waals surface area contributed by atoms with Gasteiger partial charge in [0.25, 0.3) is 0 Å². The van der Waals surface area contributed by atoms with E-state index in [1.807, 2.05) is 18.2 Å². The number of ether oxygens (including phenoxy) is 2. The lowest BCUT2D eigenvalue weighted by molar-refractivity contribution is 0.282. The topological polar surface area (TPSA) is 30.5 Å². The Bertz CT molecular complexity index is 967. The smallest absolute Gasteiger partial charge is 0.175 e. The highest BCUT2D eigenvalue weighted by molar-refractivity contribution is 9.10. The van der Waals surface area contributed by atoms with E-state index in [0.717, 1.165) is 21.3 Å². The van der Waals surface area contributed by atoms with Crippen LogP contribution in [0.2, 0.25) is 10.0 Å². The molecule has 0 aromatic heterocycles. The van der Waals surface area contributed by atoms with Crippen molar-refractivity contribution in [1.82, 2.24) is 0 Å². The molecule has 1 N–H and O–H groups in total. The second-order valence-corrected chi connectivity index (χ2v) is 7.68. The van der Waals surface area contributed by atoms with E-state index >= 15 is 0 Å². The maximum Gasteiger partial charge on any atom is 0.175 e. The molecule has 0 saturated heterocycles. The van der Waals surface area contributed by atoms with E-state index in [0.29, 0.717) is 34.7 Å². The van der Waals surface area contributed by atoms with E-state index < -0.39 is 0 Å².